The lowest BCUT2D eigenvalue weighted by atomic mass is 10.2. The monoisotopic (exact) mass is 288 g/mol. The Bertz CT molecular complexity index is 669. The Morgan fingerprint density at radius 1 is 1.14 bits per heavy atom. The lowest BCUT2D eigenvalue weighted by molar-refractivity contribution is 0.0510. The molecule has 0 saturated heterocycles. The number of amidine groups is 1. The molecule has 108 valence electrons. The minimum Gasteiger partial charge on any atom is -0.497 e. The average Bonchev–Trinajstić information content (AvgIpc) is 2.52. The molecule has 0 aliphatic carbocycles. The van der Waals surface area contributed by atoms with Gasteiger partial charge in [0.25, 0.3) is 0 Å². The van der Waals surface area contributed by atoms with Crippen molar-refractivity contribution < 1.29 is 18.8 Å². The molecule has 2 aromatic carbocycles. The summed E-state index contributed by atoms with van der Waals surface area (Å²) in [5, 5.41) is 3.50. The first-order valence-electron chi connectivity index (χ1n) is 6.05. The molecule has 0 saturated carbocycles. The first-order chi connectivity index (χ1) is 10.1. The van der Waals surface area contributed by atoms with E-state index >= 15 is 0 Å². The third-order valence-electron chi connectivity index (χ3n) is 2.71. The van der Waals surface area contributed by atoms with Gasteiger partial charge in [-0.3, -0.25) is 0 Å². The number of nitrogens with zero attached hydrogens (tertiary/aromatic N) is 1. The van der Waals surface area contributed by atoms with Crippen LogP contribution < -0.4 is 10.5 Å². The van der Waals surface area contributed by atoms with E-state index in [0.29, 0.717) is 11.3 Å². The molecule has 0 amide bonds. The van der Waals surface area contributed by atoms with E-state index in [1.54, 1.807) is 31.4 Å². The van der Waals surface area contributed by atoms with E-state index in [1.165, 1.54) is 18.2 Å². The van der Waals surface area contributed by atoms with E-state index in [1.807, 2.05) is 0 Å². The smallest absolute Gasteiger partial charge is 0.368 e. The lowest BCUT2D eigenvalue weighted by Gasteiger charge is -2.03. The van der Waals surface area contributed by atoms with Gasteiger partial charge in [-0.15, -0.1) is 0 Å². The predicted molar refractivity (Wildman–Crippen MR) is 75.5 cm³/mol. The Morgan fingerprint density at radius 2 is 1.81 bits per heavy atom. The van der Waals surface area contributed by atoms with Crippen molar-refractivity contribution in [1.29, 1.82) is 0 Å². The van der Waals surface area contributed by atoms with Crippen molar-refractivity contribution >= 4 is 11.8 Å². The summed E-state index contributed by atoms with van der Waals surface area (Å²) in [6.07, 6.45) is 0. The van der Waals surface area contributed by atoms with E-state index < -0.39 is 11.8 Å². The summed E-state index contributed by atoms with van der Waals surface area (Å²) in [6, 6.07) is 12.2. The highest BCUT2D eigenvalue weighted by molar-refractivity contribution is 5.98. The van der Waals surface area contributed by atoms with E-state index in [9.17, 15) is 9.18 Å². The van der Waals surface area contributed by atoms with Crippen molar-refractivity contribution in [3.05, 3.63) is 65.5 Å². The van der Waals surface area contributed by atoms with Gasteiger partial charge < -0.3 is 15.3 Å². The second-order valence-corrected chi connectivity index (χ2v) is 4.06. The molecule has 0 bridgehead atoms. The van der Waals surface area contributed by atoms with Gasteiger partial charge in [-0.1, -0.05) is 17.3 Å². The third kappa shape index (κ3) is 3.56. The zero-order valence-electron chi connectivity index (χ0n) is 11.2. The van der Waals surface area contributed by atoms with E-state index in [0.717, 1.165) is 6.07 Å². The first-order valence-corrected chi connectivity index (χ1v) is 6.05. The van der Waals surface area contributed by atoms with Crippen LogP contribution in [0.1, 0.15) is 15.9 Å². The predicted octanol–water partition coefficient (Wildman–Crippen LogP) is 2.31. The van der Waals surface area contributed by atoms with Crippen LogP contribution in [0.3, 0.4) is 0 Å². The molecule has 6 heteroatoms. The average molecular weight is 288 g/mol. The highest BCUT2D eigenvalue weighted by Gasteiger charge is 2.12. The van der Waals surface area contributed by atoms with Gasteiger partial charge in [-0.05, 0) is 36.4 Å². The molecule has 0 spiro atoms. The third-order valence-corrected chi connectivity index (χ3v) is 2.71. The molecule has 2 N–H and O–H groups in total. The Labute approximate surface area is 120 Å². The molecule has 2 rings (SSSR count). The van der Waals surface area contributed by atoms with Crippen molar-refractivity contribution in [3.8, 4) is 5.75 Å². The molecule has 0 unspecified atom stereocenters. The van der Waals surface area contributed by atoms with Gasteiger partial charge in [-0.2, -0.15) is 0 Å². The summed E-state index contributed by atoms with van der Waals surface area (Å²) in [5.41, 5.74) is 6.04. The molecular weight excluding hydrogens is 275 g/mol. The zero-order valence-corrected chi connectivity index (χ0v) is 11.2. The quantitative estimate of drug-likeness (QED) is 0.405. The number of hydrogen-bond acceptors (Lipinski definition) is 4. The summed E-state index contributed by atoms with van der Waals surface area (Å²) in [7, 11) is 1.54. The van der Waals surface area contributed by atoms with E-state index in [-0.39, 0.29) is 11.4 Å². The largest absolute Gasteiger partial charge is 0.497 e. The minimum absolute atomic E-state index is 0.00217. The van der Waals surface area contributed by atoms with Crippen molar-refractivity contribution in [2.24, 2.45) is 10.9 Å². The fourth-order valence-electron chi connectivity index (χ4n) is 1.58. The molecule has 0 aliphatic rings. The van der Waals surface area contributed by atoms with Gasteiger partial charge >= 0.3 is 5.97 Å². The number of rotatable bonds is 4. The molecule has 0 aliphatic heterocycles. The number of benzene rings is 2. The topological polar surface area (TPSA) is 73.9 Å². The lowest BCUT2D eigenvalue weighted by Crippen LogP contribution is -2.15. The van der Waals surface area contributed by atoms with Crippen molar-refractivity contribution in [2.75, 3.05) is 7.11 Å². The molecular formula is C15H13FN2O3. The number of oxime groups is 1. The van der Waals surface area contributed by atoms with Crippen LogP contribution in [0.25, 0.3) is 0 Å². The van der Waals surface area contributed by atoms with Crippen LogP contribution in [0.4, 0.5) is 4.39 Å². The maximum atomic E-state index is 13.4. The maximum absolute atomic E-state index is 13.4. The van der Waals surface area contributed by atoms with Gasteiger partial charge in [0.15, 0.2) is 5.84 Å². The number of methoxy groups -OCH3 is 1. The number of halogens is 1. The molecule has 2 aromatic rings. The Kier molecular flexibility index (Phi) is 4.50. The molecule has 0 atom stereocenters. The maximum Gasteiger partial charge on any atom is 0.368 e. The van der Waals surface area contributed by atoms with Crippen LogP contribution in [0.15, 0.2) is 53.7 Å². The van der Waals surface area contributed by atoms with Crippen LogP contribution in [0.2, 0.25) is 0 Å². The Morgan fingerprint density at radius 3 is 2.43 bits per heavy atom. The van der Waals surface area contributed by atoms with Gasteiger partial charge in [-0.25, -0.2) is 9.18 Å². The summed E-state index contributed by atoms with van der Waals surface area (Å²) in [5.74, 6) is -0.928. The number of ether oxygens (including phenoxy) is 1. The highest BCUT2D eigenvalue weighted by Crippen LogP contribution is 2.12. The fourth-order valence-corrected chi connectivity index (χ4v) is 1.58. The number of carbonyl (C=O) groups is 1. The summed E-state index contributed by atoms with van der Waals surface area (Å²) in [4.78, 5) is 16.3. The van der Waals surface area contributed by atoms with Gasteiger partial charge in [0, 0.05) is 5.56 Å². The molecule has 0 fully saturated rings. The van der Waals surface area contributed by atoms with Gasteiger partial charge in [0.1, 0.15) is 11.6 Å². The van der Waals surface area contributed by atoms with Crippen molar-refractivity contribution in [2.45, 2.75) is 0 Å². The van der Waals surface area contributed by atoms with E-state index in [2.05, 4.69) is 9.99 Å². The molecule has 0 heterocycles. The van der Waals surface area contributed by atoms with E-state index in [4.69, 9.17) is 10.5 Å². The molecule has 5 nitrogen and oxygen atoms in total. The highest BCUT2D eigenvalue weighted by atomic mass is 19.1. The Hall–Kier alpha value is -2.89. The number of nitrogens with two attached hydrogens (primary N) is 1. The molecule has 0 radical (unpaired) electrons. The van der Waals surface area contributed by atoms with Crippen LogP contribution in [-0.4, -0.2) is 18.9 Å². The van der Waals surface area contributed by atoms with Crippen LogP contribution in [0, 0.1) is 5.82 Å². The second kappa shape index (κ2) is 6.51. The van der Waals surface area contributed by atoms with Crippen LogP contribution >= 0.6 is 0 Å². The summed E-state index contributed by atoms with van der Waals surface area (Å²) in [6.45, 7) is 0. The Balaban J connectivity index is 2.09. The van der Waals surface area contributed by atoms with Gasteiger partial charge in [0.2, 0.25) is 0 Å². The standard InChI is InChI=1S/C15H13FN2O3/c1-20-11-8-6-10(7-9-11)14(17)18-21-15(19)12-4-2-3-5-13(12)16/h2-9H,1H3,(H2,17,18). The number of carbonyl (C=O) groups excluding carboxylic acids is 1. The molecule has 0 aromatic heterocycles. The van der Waals surface area contributed by atoms with Crippen molar-refractivity contribution in [1.82, 2.24) is 0 Å². The van der Waals surface area contributed by atoms with Crippen LogP contribution in [-0.2, 0) is 4.84 Å². The van der Waals surface area contributed by atoms with Crippen LogP contribution in [0.5, 0.6) is 5.75 Å². The van der Waals surface area contributed by atoms with Gasteiger partial charge in [0.05, 0.1) is 12.7 Å². The van der Waals surface area contributed by atoms with Crippen molar-refractivity contribution in [3.63, 3.8) is 0 Å². The normalized spacial score (nSPS) is 11.0. The SMILES string of the molecule is COc1ccc(C(N)=NOC(=O)c2ccccc2F)cc1. The second-order valence-electron chi connectivity index (χ2n) is 4.06. The fraction of sp³-hybridized carbons (Fsp3) is 0.0667. The number of hydrogen-bond donors (Lipinski definition) is 1. The zero-order chi connectivity index (χ0) is 15.2. The molecule has 21 heavy (non-hydrogen) atoms. The summed E-state index contributed by atoms with van der Waals surface area (Å²) >= 11 is 0. The minimum atomic E-state index is -0.912. The first kappa shape index (κ1) is 14.5. The summed E-state index contributed by atoms with van der Waals surface area (Å²) < 4.78 is 18.4.